The molecule has 2 N–H and O–H groups in total. The monoisotopic (exact) mass is 415 g/mol. The SMILES string of the molecule is N#Cc1ccc2c(c1)CN(c1cccc(-c3csc(NC4=NCCCN4)n3)n1)CC2. The van der Waals surface area contributed by atoms with E-state index in [0.29, 0.717) is 5.56 Å². The minimum atomic E-state index is 0.705. The van der Waals surface area contributed by atoms with Gasteiger partial charge in [0, 0.05) is 31.6 Å². The average Bonchev–Trinajstić information content (AvgIpc) is 3.27. The van der Waals surface area contributed by atoms with E-state index in [4.69, 9.17) is 4.98 Å². The van der Waals surface area contributed by atoms with Gasteiger partial charge in [0.15, 0.2) is 11.1 Å². The van der Waals surface area contributed by atoms with Gasteiger partial charge in [0.2, 0.25) is 0 Å². The van der Waals surface area contributed by atoms with Crippen molar-refractivity contribution in [1.29, 1.82) is 5.26 Å². The van der Waals surface area contributed by atoms with Crippen molar-refractivity contribution < 1.29 is 0 Å². The molecule has 8 heteroatoms. The van der Waals surface area contributed by atoms with Crippen LogP contribution in [-0.4, -0.2) is 35.6 Å². The molecule has 0 saturated heterocycles. The van der Waals surface area contributed by atoms with Crippen molar-refractivity contribution in [1.82, 2.24) is 15.3 Å². The molecule has 0 fully saturated rings. The molecule has 0 spiro atoms. The third-order valence-corrected chi connectivity index (χ3v) is 6.05. The van der Waals surface area contributed by atoms with E-state index in [1.54, 1.807) is 11.3 Å². The Morgan fingerprint density at radius 1 is 1.13 bits per heavy atom. The summed E-state index contributed by atoms with van der Waals surface area (Å²) in [7, 11) is 0. The first-order chi connectivity index (χ1) is 14.8. The molecule has 1 aromatic carbocycles. The Balaban J connectivity index is 1.35. The highest BCUT2D eigenvalue weighted by atomic mass is 32.1. The minimum absolute atomic E-state index is 0.705. The molecule has 7 nitrogen and oxygen atoms in total. The number of fused-ring (bicyclic) bond motifs is 1. The van der Waals surface area contributed by atoms with Gasteiger partial charge < -0.3 is 15.5 Å². The number of rotatable bonds is 3. The second-order valence-corrected chi connectivity index (χ2v) is 8.18. The van der Waals surface area contributed by atoms with Crippen molar-refractivity contribution in [3.63, 3.8) is 0 Å². The second-order valence-electron chi connectivity index (χ2n) is 7.32. The Morgan fingerprint density at radius 3 is 2.97 bits per heavy atom. The van der Waals surface area contributed by atoms with Crippen molar-refractivity contribution in [2.75, 3.05) is 29.9 Å². The molecule has 5 rings (SSSR count). The summed E-state index contributed by atoms with van der Waals surface area (Å²) in [6.45, 7) is 3.44. The number of guanidine groups is 1. The highest BCUT2D eigenvalue weighted by molar-refractivity contribution is 7.14. The Labute approximate surface area is 179 Å². The van der Waals surface area contributed by atoms with Gasteiger partial charge in [-0.05, 0) is 48.2 Å². The van der Waals surface area contributed by atoms with E-state index in [-0.39, 0.29) is 0 Å². The van der Waals surface area contributed by atoms with Crippen molar-refractivity contribution in [2.45, 2.75) is 19.4 Å². The molecule has 0 atom stereocenters. The van der Waals surface area contributed by atoms with Gasteiger partial charge in [-0.25, -0.2) is 9.97 Å². The summed E-state index contributed by atoms with van der Waals surface area (Å²) in [4.78, 5) is 16.3. The highest BCUT2D eigenvalue weighted by Gasteiger charge is 2.19. The van der Waals surface area contributed by atoms with Gasteiger partial charge in [-0.3, -0.25) is 4.99 Å². The number of aliphatic imine (C=N–C) groups is 1. The smallest absolute Gasteiger partial charge is 0.197 e. The lowest BCUT2D eigenvalue weighted by Gasteiger charge is -2.30. The van der Waals surface area contributed by atoms with Crippen LogP contribution in [0.4, 0.5) is 10.9 Å². The Bertz CT molecular complexity index is 1140. The number of thiazole rings is 1. The van der Waals surface area contributed by atoms with E-state index >= 15 is 0 Å². The Kier molecular flexibility index (Phi) is 5.03. The quantitative estimate of drug-likeness (QED) is 0.682. The number of pyridine rings is 1. The molecule has 0 bridgehead atoms. The summed E-state index contributed by atoms with van der Waals surface area (Å²) in [5.74, 6) is 1.72. The predicted octanol–water partition coefficient (Wildman–Crippen LogP) is 3.40. The van der Waals surface area contributed by atoms with E-state index in [1.165, 1.54) is 11.1 Å². The number of aromatic nitrogens is 2. The number of anilines is 2. The van der Waals surface area contributed by atoms with E-state index in [0.717, 1.165) is 67.3 Å². The summed E-state index contributed by atoms with van der Waals surface area (Å²) in [6.07, 6.45) is 2.01. The van der Waals surface area contributed by atoms with Crippen LogP contribution in [0.5, 0.6) is 0 Å². The largest absolute Gasteiger partial charge is 0.356 e. The lowest BCUT2D eigenvalue weighted by molar-refractivity contribution is 0.721. The van der Waals surface area contributed by atoms with E-state index < -0.39 is 0 Å². The summed E-state index contributed by atoms with van der Waals surface area (Å²) < 4.78 is 0. The van der Waals surface area contributed by atoms with Gasteiger partial charge in [0.1, 0.15) is 11.5 Å². The minimum Gasteiger partial charge on any atom is -0.356 e. The first-order valence-electron chi connectivity index (χ1n) is 10.0. The van der Waals surface area contributed by atoms with Crippen molar-refractivity contribution >= 4 is 28.2 Å². The van der Waals surface area contributed by atoms with Crippen LogP contribution >= 0.6 is 11.3 Å². The van der Waals surface area contributed by atoms with Crippen LogP contribution in [0.15, 0.2) is 46.8 Å². The number of hydrogen-bond donors (Lipinski definition) is 2. The molecule has 2 aliphatic rings. The van der Waals surface area contributed by atoms with Gasteiger partial charge in [0.05, 0.1) is 17.3 Å². The van der Waals surface area contributed by atoms with E-state index in [9.17, 15) is 5.26 Å². The third-order valence-electron chi connectivity index (χ3n) is 5.30. The van der Waals surface area contributed by atoms with E-state index in [2.05, 4.69) is 37.6 Å². The Hall–Kier alpha value is -3.44. The molecule has 4 heterocycles. The van der Waals surface area contributed by atoms with Gasteiger partial charge in [0.25, 0.3) is 0 Å². The molecule has 0 unspecified atom stereocenters. The normalized spacial score (nSPS) is 15.6. The first kappa shape index (κ1) is 18.6. The van der Waals surface area contributed by atoms with Gasteiger partial charge >= 0.3 is 0 Å². The lowest BCUT2D eigenvalue weighted by Crippen LogP contribution is -2.35. The summed E-state index contributed by atoms with van der Waals surface area (Å²) in [5, 5.41) is 18.5. The number of nitriles is 1. The summed E-state index contributed by atoms with van der Waals surface area (Å²) in [5.41, 5.74) is 4.93. The zero-order valence-electron chi connectivity index (χ0n) is 16.4. The molecule has 150 valence electrons. The highest BCUT2D eigenvalue weighted by Crippen LogP contribution is 2.28. The molecule has 0 saturated carbocycles. The molecule has 2 aliphatic heterocycles. The third kappa shape index (κ3) is 3.84. The number of nitrogens with zero attached hydrogens (tertiary/aromatic N) is 5. The van der Waals surface area contributed by atoms with Crippen LogP contribution in [0, 0.1) is 11.3 Å². The molecule has 3 aromatic rings. The molecular weight excluding hydrogens is 394 g/mol. The van der Waals surface area contributed by atoms with Crippen LogP contribution in [-0.2, 0) is 13.0 Å². The lowest BCUT2D eigenvalue weighted by atomic mass is 9.97. The number of benzene rings is 1. The zero-order chi connectivity index (χ0) is 20.3. The molecule has 2 aromatic heterocycles. The summed E-state index contributed by atoms with van der Waals surface area (Å²) in [6, 6.07) is 14.3. The molecule has 0 amide bonds. The summed E-state index contributed by atoms with van der Waals surface area (Å²) >= 11 is 1.55. The molecule has 30 heavy (non-hydrogen) atoms. The van der Waals surface area contributed by atoms with Gasteiger partial charge in [-0.2, -0.15) is 5.26 Å². The van der Waals surface area contributed by atoms with Crippen molar-refractivity contribution in [3.05, 3.63) is 58.5 Å². The maximum absolute atomic E-state index is 9.19. The fourth-order valence-electron chi connectivity index (χ4n) is 3.73. The molecule has 0 radical (unpaired) electrons. The maximum Gasteiger partial charge on any atom is 0.197 e. The van der Waals surface area contributed by atoms with Crippen LogP contribution in [0.3, 0.4) is 0 Å². The zero-order valence-corrected chi connectivity index (χ0v) is 17.2. The number of nitrogens with one attached hydrogen (secondary N) is 2. The predicted molar refractivity (Wildman–Crippen MR) is 120 cm³/mol. The van der Waals surface area contributed by atoms with Gasteiger partial charge in [-0.1, -0.05) is 12.1 Å². The molecule has 0 aliphatic carbocycles. The van der Waals surface area contributed by atoms with Gasteiger partial charge in [-0.15, -0.1) is 11.3 Å². The van der Waals surface area contributed by atoms with Crippen LogP contribution in [0.1, 0.15) is 23.1 Å². The first-order valence-corrected chi connectivity index (χ1v) is 10.9. The topological polar surface area (TPSA) is 89.2 Å². The van der Waals surface area contributed by atoms with Crippen molar-refractivity contribution in [2.24, 2.45) is 4.99 Å². The number of hydrogen-bond acceptors (Lipinski definition) is 8. The standard InChI is InChI=1S/C22H21N7S/c23-12-15-5-6-16-7-10-29(13-17(16)11-15)20-4-1-3-18(26-20)19-14-30-22(27-19)28-21-24-8-2-9-25-21/h1,3-6,11,14H,2,7-10,13H2,(H2,24,25,27,28). The maximum atomic E-state index is 9.19. The van der Waals surface area contributed by atoms with Crippen LogP contribution < -0.4 is 15.5 Å². The average molecular weight is 416 g/mol. The van der Waals surface area contributed by atoms with Crippen LogP contribution in [0.25, 0.3) is 11.4 Å². The second kappa shape index (κ2) is 8.13. The van der Waals surface area contributed by atoms with E-state index in [1.807, 2.05) is 35.7 Å². The fourth-order valence-corrected chi connectivity index (χ4v) is 4.43. The van der Waals surface area contributed by atoms with Crippen molar-refractivity contribution in [3.8, 4) is 17.5 Å². The molecular formula is C22H21N7S. The fraction of sp³-hybridized carbons (Fsp3) is 0.273. The Morgan fingerprint density at radius 2 is 2.10 bits per heavy atom. The van der Waals surface area contributed by atoms with Crippen LogP contribution in [0.2, 0.25) is 0 Å².